The van der Waals surface area contributed by atoms with E-state index in [0.29, 0.717) is 50.6 Å². The summed E-state index contributed by atoms with van der Waals surface area (Å²) in [5, 5.41) is 4.54. The van der Waals surface area contributed by atoms with Gasteiger partial charge in [-0.2, -0.15) is 0 Å². The first-order valence-corrected chi connectivity index (χ1v) is 15.5. The Balaban J connectivity index is 1.31. The van der Waals surface area contributed by atoms with Gasteiger partial charge in [0.2, 0.25) is 0 Å². The van der Waals surface area contributed by atoms with E-state index in [1.165, 1.54) is 11.3 Å². The minimum atomic E-state index is -0.327. The van der Waals surface area contributed by atoms with Crippen molar-refractivity contribution >= 4 is 66.2 Å². The highest BCUT2D eigenvalue weighted by atomic mass is 32.1. The van der Waals surface area contributed by atoms with Crippen LogP contribution in [0.1, 0.15) is 46.0 Å². The van der Waals surface area contributed by atoms with E-state index in [4.69, 9.17) is 20.4 Å². The number of ketones is 1. The number of thiazole rings is 1. The Morgan fingerprint density at radius 3 is 2.49 bits per heavy atom. The number of nitrogens with one attached hydrogen (secondary N) is 1. The zero-order chi connectivity index (χ0) is 29.9. The van der Waals surface area contributed by atoms with Crippen LogP contribution in [-0.4, -0.2) is 28.8 Å². The molecule has 7 nitrogen and oxygen atoms in total. The average Bonchev–Trinajstić information content (AvgIpc) is 3.57. The number of pyridine rings is 1. The minimum Gasteiger partial charge on any atom is -0.497 e. The van der Waals surface area contributed by atoms with E-state index < -0.39 is 0 Å². The first kappa shape index (κ1) is 27.2. The van der Waals surface area contributed by atoms with E-state index >= 15 is 0 Å². The van der Waals surface area contributed by atoms with Gasteiger partial charge in [-0.25, -0.2) is 9.97 Å². The lowest BCUT2D eigenvalue weighted by atomic mass is 9.73. The molecule has 0 saturated heterocycles. The van der Waals surface area contributed by atoms with Crippen LogP contribution in [-0.2, 0) is 6.42 Å². The van der Waals surface area contributed by atoms with E-state index in [2.05, 4.69) is 19.2 Å². The molecule has 0 bridgehead atoms. The second kappa shape index (κ2) is 10.3. The molecule has 9 heteroatoms. The molecular weight excluding hydrogens is 577 g/mol. The number of aromatic nitrogens is 2. The maximum Gasteiger partial charge on any atom is 0.267 e. The maximum absolute atomic E-state index is 13.7. The van der Waals surface area contributed by atoms with E-state index in [9.17, 15) is 9.59 Å². The van der Waals surface area contributed by atoms with Gasteiger partial charge in [0.05, 0.1) is 28.7 Å². The van der Waals surface area contributed by atoms with Crippen molar-refractivity contribution in [1.82, 2.24) is 9.97 Å². The van der Waals surface area contributed by atoms with Crippen LogP contribution in [0.15, 0.2) is 72.8 Å². The summed E-state index contributed by atoms with van der Waals surface area (Å²) in [6, 6.07) is 23.2. The summed E-state index contributed by atoms with van der Waals surface area (Å²) < 4.78 is 6.47. The Hall–Kier alpha value is -4.60. The van der Waals surface area contributed by atoms with Gasteiger partial charge in [0, 0.05) is 34.2 Å². The number of Topliss-reactive ketones (excluding diaryl/α,β-unsaturated/α-hetero) is 1. The number of amides is 1. The molecule has 214 valence electrons. The molecule has 3 heterocycles. The fraction of sp³-hybridized carbons (Fsp3) is 0.176. The first-order valence-electron chi connectivity index (χ1n) is 13.9. The lowest BCUT2D eigenvalue weighted by Crippen LogP contribution is -2.28. The molecule has 0 spiro atoms. The van der Waals surface area contributed by atoms with Crippen LogP contribution in [0.3, 0.4) is 0 Å². The third-order valence-electron chi connectivity index (χ3n) is 7.76. The summed E-state index contributed by atoms with van der Waals surface area (Å²) in [6.45, 7) is 4.16. The van der Waals surface area contributed by atoms with Crippen molar-refractivity contribution in [2.75, 3.05) is 18.2 Å². The molecular formula is C34H28N4O3S2. The topological polar surface area (TPSA) is 107 Å². The summed E-state index contributed by atoms with van der Waals surface area (Å²) in [6.07, 6.45) is 1.07. The number of thiophene rings is 1. The van der Waals surface area contributed by atoms with Crippen molar-refractivity contribution in [3.63, 3.8) is 0 Å². The number of methoxy groups -OCH3 is 1. The lowest BCUT2D eigenvalue weighted by Gasteiger charge is -2.31. The third-order valence-corrected chi connectivity index (χ3v) is 9.95. The predicted molar refractivity (Wildman–Crippen MR) is 175 cm³/mol. The summed E-state index contributed by atoms with van der Waals surface area (Å²) in [5.74, 6) is 0.420. The fourth-order valence-corrected chi connectivity index (χ4v) is 7.78. The molecule has 0 atom stereocenters. The van der Waals surface area contributed by atoms with Gasteiger partial charge in [-0.3, -0.25) is 9.59 Å². The lowest BCUT2D eigenvalue weighted by molar-refractivity contribution is 0.0911. The van der Waals surface area contributed by atoms with E-state index in [0.717, 1.165) is 37.6 Å². The highest BCUT2D eigenvalue weighted by Crippen LogP contribution is 2.46. The SMILES string of the molecule is COc1ccc(-c2c3c(nc4sc(C(=O)Nc5cccc(-c6nc7ccccc7s6)c5)c(N)c24)CC(C)(C)CC3=O)cc1. The van der Waals surface area contributed by atoms with E-state index in [1.807, 2.05) is 72.8 Å². The highest BCUT2D eigenvalue weighted by molar-refractivity contribution is 7.22. The van der Waals surface area contributed by atoms with Gasteiger partial charge in [0.25, 0.3) is 5.91 Å². The second-order valence-electron chi connectivity index (χ2n) is 11.5. The number of hydrogen-bond donors (Lipinski definition) is 2. The molecule has 0 unspecified atom stereocenters. The Morgan fingerprint density at radius 2 is 1.72 bits per heavy atom. The zero-order valence-electron chi connectivity index (χ0n) is 23.9. The molecule has 1 aliphatic carbocycles. The predicted octanol–water partition coefficient (Wildman–Crippen LogP) is 8.24. The quantitative estimate of drug-likeness (QED) is 0.205. The smallest absolute Gasteiger partial charge is 0.267 e. The van der Waals surface area contributed by atoms with Crippen LogP contribution in [0.5, 0.6) is 5.75 Å². The molecule has 3 aromatic heterocycles. The summed E-state index contributed by atoms with van der Waals surface area (Å²) in [4.78, 5) is 38.0. The largest absolute Gasteiger partial charge is 0.497 e. The first-order chi connectivity index (χ1) is 20.7. The van der Waals surface area contributed by atoms with Crippen LogP contribution in [0.2, 0.25) is 0 Å². The standard InChI is InChI=1S/C34H28N4O3S2/c1-34(2)16-23-27(24(39)17-34)26(18-11-13-21(41-3)14-12-18)28-29(35)30(43-33(28)38-23)31(40)36-20-8-6-7-19(15-20)32-37-22-9-4-5-10-25(22)42-32/h4-15H,16-17,35H2,1-3H3,(H,36,40). The van der Waals surface area contributed by atoms with Crippen LogP contribution >= 0.6 is 22.7 Å². The Labute approximate surface area is 256 Å². The number of nitrogens with zero attached hydrogens (tertiary/aromatic N) is 2. The Kier molecular flexibility index (Phi) is 6.52. The van der Waals surface area contributed by atoms with Crippen LogP contribution in [0, 0.1) is 5.41 Å². The number of anilines is 2. The van der Waals surface area contributed by atoms with Gasteiger partial charge in [0.15, 0.2) is 5.78 Å². The van der Waals surface area contributed by atoms with Crippen LogP contribution in [0.25, 0.3) is 42.1 Å². The van der Waals surface area contributed by atoms with Gasteiger partial charge in [-0.1, -0.05) is 50.2 Å². The van der Waals surface area contributed by atoms with Crippen molar-refractivity contribution in [2.24, 2.45) is 5.41 Å². The number of benzene rings is 3. The molecule has 0 radical (unpaired) electrons. The maximum atomic E-state index is 13.7. The number of ether oxygens (including phenoxy) is 1. The van der Waals surface area contributed by atoms with Crippen molar-refractivity contribution < 1.29 is 14.3 Å². The molecule has 0 saturated carbocycles. The van der Waals surface area contributed by atoms with E-state index in [1.54, 1.807) is 18.4 Å². The van der Waals surface area contributed by atoms with E-state index in [-0.39, 0.29) is 17.1 Å². The number of nitrogens with two attached hydrogens (primary N) is 1. The number of rotatable bonds is 5. The van der Waals surface area contributed by atoms with Gasteiger partial charge >= 0.3 is 0 Å². The number of carbonyl (C=O) groups excluding carboxylic acids is 2. The Bertz CT molecular complexity index is 2040. The van der Waals surface area contributed by atoms with Crippen LogP contribution < -0.4 is 15.8 Å². The monoisotopic (exact) mass is 604 g/mol. The zero-order valence-corrected chi connectivity index (χ0v) is 25.5. The van der Waals surface area contributed by atoms with Gasteiger partial charge in [-0.15, -0.1) is 22.7 Å². The summed E-state index contributed by atoms with van der Waals surface area (Å²) >= 11 is 2.86. The van der Waals surface area contributed by atoms with Crippen molar-refractivity contribution in [3.05, 3.63) is 88.9 Å². The number of carbonyl (C=O) groups is 2. The van der Waals surface area contributed by atoms with Crippen molar-refractivity contribution in [1.29, 1.82) is 0 Å². The molecule has 1 amide bonds. The normalized spacial score (nSPS) is 14.2. The number of nitrogen functional groups attached to an aromatic ring is 1. The average molecular weight is 605 g/mol. The number of hydrogen-bond acceptors (Lipinski definition) is 8. The Morgan fingerprint density at radius 1 is 0.930 bits per heavy atom. The minimum absolute atomic E-state index is 0.0368. The number of para-hydroxylation sites is 1. The molecule has 43 heavy (non-hydrogen) atoms. The second-order valence-corrected chi connectivity index (χ2v) is 13.6. The fourth-order valence-electron chi connectivity index (χ4n) is 5.80. The molecule has 3 aromatic carbocycles. The summed E-state index contributed by atoms with van der Waals surface area (Å²) in [5.41, 5.74) is 12.3. The summed E-state index contributed by atoms with van der Waals surface area (Å²) in [7, 11) is 1.61. The molecule has 6 aromatic rings. The highest BCUT2D eigenvalue weighted by Gasteiger charge is 2.36. The molecule has 0 aliphatic heterocycles. The van der Waals surface area contributed by atoms with Gasteiger partial charge in [0.1, 0.15) is 20.5 Å². The van der Waals surface area contributed by atoms with Gasteiger partial charge in [-0.05, 0) is 53.8 Å². The van der Waals surface area contributed by atoms with Crippen LogP contribution in [0.4, 0.5) is 11.4 Å². The number of fused-ring (bicyclic) bond motifs is 3. The molecule has 1 aliphatic rings. The van der Waals surface area contributed by atoms with Crippen molar-refractivity contribution in [2.45, 2.75) is 26.7 Å². The molecule has 7 rings (SSSR count). The molecule has 3 N–H and O–H groups in total. The molecule has 0 fully saturated rings. The van der Waals surface area contributed by atoms with Gasteiger partial charge < -0.3 is 15.8 Å². The third kappa shape index (κ3) is 4.84. The van der Waals surface area contributed by atoms with Crippen molar-refractivity contribution in [3.8, 4) is 27.4 Å².